The largest absolute Gasteiger partial charge is 0.480 e. The fourth-order valence-corrected chi connectivity index (χ4v) is 1.39. The van der Waals surface area contributed by atoms with Crippen LogP contribution in [-0.4, -0.2) is 30.2 Å². The molecule has 2 atom stereocenters. The van der Waals surface area contributed by atoms with Crippen molar-refractivity contribution < 1.29 is 9.90 Å². The third-order valence-electron chi connectivity index (χ3n) is 2.13. The van der Waals surface area contributed by atoms with Crippen LogP contribution in [0.1, 0.15) is 12.8 Å². The van der Waals surface area contributed by atoms with Crippen molar-refractivity contribution in [1.82, 2.24) is 5.32 Å². The van der Waals surface area contributed by atoms with Crippen molar-refractivity contribution in [2.24, 2.45) is 11.7 Å². The molecule has 0 aromatic rings. The number of carbonyl (C=O) groups is 1. The number of carboxylic acid groups (broad SMARTS) is 1. The van der Waals surface area contributed by atoms with Crippen molar-refractivity contribution in [3.05, 3.63) is 0 Å². The maximum absolute atomic E-state index is 10.4. The Morgan fingerprint density at radius 2 is 2.45 bits per heavy atom. The van der Waals surface area contributed by atoms with Crippen LogP contribution in [0.5, 0.6) is 0 Å². The average molecular weight is 158 g/mol. The topological polar surface area (TPSA) is 75.4 Å². The van der Waals surface area contributed by atoms with E-state index in [-0.39, 0.29) is 5.92 Å². The molecule has 4 N–H and O–H groups in total. The maximum Gasteiger partial charge on any atom is 0.320 e. The number of nitrogens with two attached hydrogens (primary N) is 1. The van der Waals surface area contributed by atoms with Gasteiger partial charge in [-0.2, -0.15) is 0 Å². The normalized spacial score (nSPS) is 27.9. The van der Waals surface area contributed by atoms with Gasteiger partial charge in [-0.15, -0.1) is 0 Å². The summed E-state index contributed by atoms with van der Waals surface area (Å²) in [6.07, 6.45) is 1.96. The van der Waals surface area contributed by atoms with Crippen molar-refractivity contribution in [3.63, 3.8) is 0 Å². The van der Waals surface area contributed by atoms with Crippen molar-refractivity contribution >= 4 is 5.97 Å². The van der Waals surface area contributed by atoms with Gasteiger partial charge in [0.1, 0.15) is 6.04 Å². The predicted molar refractivity (Wildman–Crippen MR) is 41.2 cm³/mol. The summed E-state index contributed by atoms with van der Waals surface area (Å²) in [5.41, 5.74) is 5.45. The monoisotopic (exact) mass is 158 g/mol. The highest BCUT2D eigenvalue weighted by Crippen LogP contribution is 2.12. The van der Waals surface area contributed by atoms with Crippen LogP contribution >= 0.6 is 0 Å². The molecular formula is C7H14N2O2. The molecule has 2 unspecified atom stereocenters. The lowest BCUT2D eigenvalue weighted by Crippen LogP contribution is -2.45. The molecular weight excluding hydrogens is 144 g/mol. The number of rotatable bonds is 2. The summed E-state index contributed by atoms with van der Waals surface area (Å²) >= 11 is 0. The summed E-state index contributed by atoms with van der Waals surface area (Å²) in [7, 11) is 0. The first-order chi connectivity index (χ1) is 5.22. The van der Waals surface area contributed by atoms with Crippen LogP contribution in [0.25, 0.3) is 0 Å². The SMILES string of the molecule is NC(C(=O)O)C1CCCNC1. The zero-order chi connectivity index (χ0) is 8.27. The number of carboxylic acids is 1. The molecule has 64 valence electrons. The zero-order valence-electron chi connectivity index (χ0n) is 6.42. The van der Waals surface area contributed by atoms with Gasteiger partial charge < -0.3 is 16.2 Å². The molecule has 0 bridgehead atoms. The van der Waals surface area contributed by atoms with Gasteiger partial charge in [-0.3, -0.25) is 4.79 Å². The first kappa shape index (κ1) is 8.49. The second-order valence-electron chi connectivity index (χ2n) is 2.97. The Kier molecular flexibility index (Phi) is 2.84. The molecule has 1 aliphatic heterocycles. The van der Waals surface area contributed by atoms with Gasteiger partial charge in [-0.1, -0.05) is 0 Å². The Morgan fingerprint density at radius 3 is 2.91 bits per heavy atom. The van der Waals surface area contributed by atoms with Gasteiger partial charge in [0.2, 0.25) is 0 Å². The van der Waals surface area contributed by atoms with E-state index in [9.17, 15) is 4.79 Å². The second-order valence-corrected chi connectivity index (χ2v) is 2.97. The minimum absolute atomic E-state index is 0.112. The summed E-state index contributed by atoms with van der Waals surface area (Å²) < 4.78 is 0. The first-order valence-corrected chi connectivity index (χ1v) is 3.91. The Bertz CT molecular complexity index is 143. The third-order valence-corrected chi connectivity index (χ3v) is 2.13. The van der Waals surface area contributed by atoms with E-state index in [4.69, 9.17) is 10.8 Å². The first-order valence-electron chi connectivity index (χ1n) is 3.91. The van der Waals surface area contributed by atoms with E-state index in [0.29, 0.717) is 0 Å². The molecule has 1 aliphatic rings. The highest BCUT2D eigenvalue weighted by molar-refractivity contribution is 5.73. The van der Waals surface area contributed by atoms with Crippen LogP contribution in [0, 0.1) is 5.92 Å². The van der Waals surface area contributed by atoms with Crippen LogP contribution in [0.15, 0.2) is 0 Å². The summed E-state index contributed by atoms with van der Waals surface area (Å²) in [5, 5.41) is 11.7. The fraction of sp³-hybridized carbons (Fsp3) is 0.857. The van der Waals surface area contributed by atoms with Gasteiger partial charge in [0.25, 0.3) is 0 Å². The van der Waals surface area contributed by atoms with E-state index in [1.807, 2.05) is 0 Å². The number of hydrogen-bond acceptors (Lipinski definition) is 3. The number of hydrogen-bond donors (Lipinski definition) is 3. The zero-order valence-corrected chi connectivity index (χ0v) is 6.42. The van der Waals surface area contributed by atoms with Crippen molar-refractivity contribution in [3.8, 4) is 0 Å². The molecule has 4 nitrogen and oxygen atoms in total. The molecule has 0 aromatic carbocycles. The molecule has 0 aromatic heterocycles. The Balaban J connectivity index is 2.38. The summed E-state index contributed by atoms with van der Waals surface area (Å²) in [6, 6.07) is -0.692. The average Bonchev–Trinajstić information content (AvgIpc) is 2.05. The molecule has 4 heteroatoms. The van der Waals surface area contributed by atoms with Crippen molar-refractivity contribution in [2.45, 2.75) is 18.9 Å². The molecule has 0 spiro atoms. The summed E-state index contributed by atoms with van der Waals surface area (Å²) in [5.74, 6) is -0.778. The molecule has 0 amide bonds. The van der Waals surface area contributed by atoms with E-state index in [1.54, 1.807) is 0 Å². The highest BCUT2D eigenvalue weighted by Gasteiger charge is 2.25. The minimum atomic E-state index is -0.890. The maximum atomic E-state index is 10.4. The van der Waals surface area contributed by atoms with Crippen LogP contribution in [-0.2, 0) is 4.79 Å². The van der Waals surface area contributed by atoms with Crippen molar-refractivity contribution in [1.29, 1.82) is 0 Å². The molecule has 0 saturated carbocycles. The number of piperidine rings is 1. The minimum Gasteiger partial charge on any atom is -0.480 e. The number of aliphatic carboxylic acids is 1. The molecule has 0 aliphatic carbocycles. The Hall–Kier alpha value is -0.610. The van der Waals surface area contributed by atoms with E-state index >= 15 is 0 Å². The number of nitrogens with one attached hydrogen (secondary N) is 1. The van der Waals surface area contributed by atoms with Gasteiger partial charge in [-0.25, -0.2) is 0 Å². The van der Waals surface area contributed by atoms with Crippen LogP contribution in [0.3, 0.4) is 0 Å². The lowest BCUT2D eigenvalue weighted by Gasteiger charge is -2.25. The van der Waals surface area contributed by atoms with Gasteiger partial charge in [-0.05, 0) is 25.3 Å². The second kappa shape index (κ2) is 3.69. The van der Waals surface area contributed by atoms with Crippen LogP contribution in [0.4, 0.5) is 0 Å². The van der Waals surface area contributed by atoms with E-state index in [0.717, 1.165) is 25.9 Å². The van der Waals surface area contributed by atoms with E-state index < -0.39 is 12.0 Å². The van der Waals surface area contributed by atoms with Gasteiger partial charge >= 0.3 is 5.97 Å². The standard InChI is InChI=1S/C7H14N2O2/c8-6(7(10)11)5-2-1-3-9-4-5/h5-6,9H,1-4,8H2,(H,10,11). The van der Waals surface area contributed by atoms with E-state index in [2.05, 4.69) is 5.32 Å². The van der Waals surface area contributed by atoms with Crippen molar-refractivity contribution in [2.75, 3.05) is 13.1 Å². The molecule has 1 fully saturated rings. The molecule has 11 heavy (non-hydrogen) atoms. The fourth-order valence-electron chi connectivity index (χ4n) is 1.39. The lowest BCUT2D eigenvalue weighted by molar-refractivity contribution is -0.140. The summed E-state index contributed by atoms with van der Waals surface area (Å²) in [6.45, 7) is 1.73. The molecule has 0 radical (unpaired) electrons. The van der Waals surface area contributed by atoms with Crippen LogP contribution in [0.2, 0.25) is 0 Å². The molecule has 1 rings (SSSR count). The summed E-state index contributed by atoms with van der Waals surface area (Å²) in [4.78, 5) is 10.4. The van der Waals surface area contributed by atoms with E-state index in [1.165, 1.54) is 0 Å². The lowest BCUT2D eigenvalue weighted by atomic mass is 9.92. The van der Waals surface area contributed by atoms with Gasteiger partial charge in [0.05, 0.1) is 0 Å². The van der Waals surface area contributed by atoms with Gasteiger partial charge in [0.15, 0.2) is 0 Å². The molecule has 1 saturated heterocycles. The smallest absolute Gasteiger partial charge is 0.320 e. The Labute approximate surface area is 65.8 Å². The quantitative estimate of drug-likeness (QED) is 0.501. The molecule has 1 heterocycles. The van der Waals surface area contributed by atoms with Crippen LogP contribution < -0.4 is 11.1 Å². The third kappa shape index (κ3) is 2.17. The Morgan fingerprint density at radius 1 is 1.73 bits per heavy atom. The highest BCUT2D eigenvalue weighted by atomic mass is 16.4. The predicted octanol–water partition coefficient (Wildman–Crippen LogP) is -0.602. The van der Waals surface area contributed by atoms with Gasteiger partial charge in [0, 0.05) is 6.54 Å².